The number of aliphatic hydroxyl groups is 1. The zero-order chi connectivity index (χ0) is 13.6. The SMILES string of the molecule is CC(O)Cc1ccc(OCCSC(F)(F)F)cc1. The zero-order valence-corrected chi connectivity index (χ0v) is 10.7. The van der Waals surface area contributed by atoms with Crippen LogP contribution in [0.5, 0.6) is 5.75 Å². The Morgan fingerprint density at radius 3 is 2.39 bits per heavy atom. The maximum atomic E-state index is 11.8. The largest absolute Gasteiger partial charge is 0.493 e. The summed E-state index contributed by atoms with van der Waals surface area (Å²) >= 11 is -0.0937. The van der Waals surface area contributed by atoms with Crippen molar-refractivity contribution < 1.29 is 23.0 Å². The topological polar surface area (TPSA) is 29.5 Å². The highest BCUT2D eigenvalue weighted by molar-refractivity contribution is 8.00. The molecule has 0 aliphatic heterocycles. The third-order valence-corrected chi connectivity index (χ3v) is 2.77. The highest BCUT2D eigenvalue weighted by Crippen LogP contribution is 2.29. The third-order valence-electron chi connectivity index (χ3n) is 2.07. The first-order valence-corrected chi connectivity index (χ1v) is 6.46. The Bertz CT molecular complexity index is 349. The fraction of sp³-hybridized carbons (Fsp3) is 0.500. The van der Waals surface area contributed by atoms with Crippen molar-refractivity contribution in [2.24, 2.45) is 0 Å². The molecular weight excluding hydrogens is 265 g/mol. The van der Waals surface area contributed by atoms with Gasteiger partial charge in [0.25, 0.3) is 0 Å². The van der Waals surface area contributed by atoms with E-state index in [1.165, 1.54) is 0 Å². The van der Waals surface area contributed by atoms with Crippen molar-refractivity contribution in [3.05, 3.63) is 29.8 Å². The van der Waals surface area contributed by atoms with Gasteiger partial charge in [-0.2, -0.15) is 13.2 Å². The van der Waals surface area contributed by atoms with Crippen LogP contribution in [0.25, 0.3) is 0 Å². The van der Waals surface area contributed by atoms with E-state index in [0.29, 0.717) is 12.2 Å². The Morgan fingerprint density at radius 1 is 1.28 bits per heavy atom. The van der Waals surface area contributed by atoms with Gasteiger partial charge < -0.3 is 9.84 Å². The van der Waals surface area contributed by atoms with E-state index in [9.17, 15) is 18.3 Å². The normalized spacial score (nSPS) is 13.4. The van der Waals surface area contributed by atoms with E-state index in [0.717, 1.165) is 5.56 Å². The van der Waals surface area contributed by atoms with Crippen LogP contribution in [0.4, 0.5) is 13.2 Å². The Labute approximate surface area is 108 Å². The number of halogens is 3. The average molecular weight is 280 g/mol. The summed E-state index contributed by atoms with van der Waals surface area (Å²) in [6.45, 7) is 1.71. The molecule has 102 valence electrons. The van der Waals surface area contributed by atoms with Gasteiger partial charge in [-0.05, 0) is 42.8 Å². The fourth-order valence-corrected chi connectivity index (χ4v) is 1.78. The molecule has 1 unspecified atom stereocenters. The van der Waals surface area contributed by atoms with Gasteiger partial charge >= 0.3 is 5.51 Å². The van der Waals surface area contributed by atoms with E-state index in [4.69, 9.17) is 4.74 Å². The van der Waals surface area contributed by atoms with E-state index in [1.807, 2.05) is 0 Å². The van der Waals surface area contributed by atoms with Crippen molar-refractivity contribution in [3.63, 3.8) is 0 Å². The van der Waals surface area contributed by atoms with Gasteiger partial charge in [-0.1, -0.05) is 12.1 Å². The van der Waals surface area contributed by atoms with Crippen LogP contribution >= 0.6 is 11.8 Å². The van der Waals surface area contributed by atoms with Crippen LogP contribution in [0.15, 0.2) is 24.3 Å². The fourth-order valence-electron chi connectivity index (χ4n) is 1.38. The van der Waals surface area contributed by atoms with E-state index < -0.39 is 11.6 Å². The number of benzene rings is 1. The standard InChI is InChI=1S/C12H15F3O2S/c1-9(16)8-10-2-4-11(5-3-10)17-6-7-18-12(13,14)15/h2-5,9,16H,6-8H2,1H3. The van der Waals surface area contributed by atoms with E-state index in [1.54, 1.807) is 31.2 Å². The minimum atomic E-state index is -4.20. The van der Waals surface area contributed by atoms with Gasteiger partial charge in [0.1, 0.15) is 5.75 Å². The smallest absolute Gasteiger partial charge is 0.441 e. The predicted molar refractivity (Wildman–Crippen MR) is 65.8 cm³/mol. The Hall–Kier alpha value is -0.880. The first kappa shape index (κ1) is 15.2. The average Bonchev–Trinajstić information content (AvgIpc) is 2.24. The first-order valence-electron chi connectivity index (χ1n) is 5.47. The van der Waals surface area contributed by atoms with Crippen molar-refractivity contribution in [1.29, 1.82) is 0 Å². The molecule has 1 rings (SSSR count). The molecule has 1 aromatic carbocycles. The number of hydrogen-bond donors (Lipinski definition) is 1. The summed E-state index contributed by atoms with van der Waals surface area (Å²) in [6.07, 6.45) is 0.129. The molecule has 0 spiro atoms. The van der Waals surface area contributed by atoms with Crippen LogP contribution in [0, 0.1) is 0 Å². The number of alkyl halides is 3. The summed E-state index contributed by atoms with van der Waals surface area (Å²) in [5, 5.41) is 9.18. The molecule has 1 N–H and O–H groups in total. The molecule has 0 saturated heterocycles. The van der Waals surface area contributed by atoms with Crippen LogP contribution in [-0.4, -0.2) is 29.1 Å². The lowest BCUT2D eigenvalue weighted by Gasteiger charge is -2.09. The molecule has 0 aromatic heterocycles. The maximum Gasteiger partial charge on any atom is 0.441 e. The summed E-state index contributed by atoms with van der Waals surface area (Å²) in [7, 11) is 0. The summed E-state index contributed by atoms with van der Waals surface area (Å²) in [4.78, 5) is 0. The van der Waals surface area contributed by atoms with Gasteiger partial charge in [-0.3, -0.25) is 0 Å². The molecule has 1 atom stereocenters. The number of ether oxygens (including phenoxy) is 1. The van der Waals surface area contributed by atoms with Gasteiger partial charge in [-0.25, -0.2) is 0 Å². The zero-order valence-electron chi connectivity index (χ0n) is 9.91. The Morgan fingerprint density at radius 2 is 1.89 bits per heavy atom. The highest BCUT2D eigenvalue weighted by atomic mass is 32.2. The second-order valence-corrected chi connectivity index (χ2v) is 5.00. The second-order valence-electron chi connectivity index (χ2n) is 3.84. The quantitative estimate of drug-likeness (QED) is 0.811. The molecular formula is C12H15F3O2S. The van der Waals surface area contributed by atoms with Crippen LogP contribution in [0.1, 0.15) is 12.5 Å². The van der Waals surface area contributed by atoms with Crippen LogP contribution in [0.3, 0.4) is 0 Å². The van der Waals surface area contributed by atoms with Crippen molar-refractivity contribution in [2.75, 3.05) is 12.4 Å². The molecule has 0 heterocycles. The molecule has 1 aromatic rings. The molecule has 18 heavy (non-hydrogen) atoms. The molecule has 0 amide bonds. The molecule has 0 aliphatic rings. The highest BCUT2D eigenvalue weighted by Gasteiger charge is 2.27. The van der Waals surface area contributed by atoms with Gasteiger partial charge in [0.2, 0.25) is 0 Å². The summed E-state index contributed by atoms with van der Waals surface area (Å²) in [5.74, 6) is 0.408. The summed E-state index contributed by atoms with van der Waals surface area (Å²) in [5.41, 5.74) is -3.24. The van der Waals surface area contributed by atoms with Crippen molar-refractivity contribution in [2.45, 2.75) is 25.0 Å². The molecule has 0 fully saturated rings. The minimum absolute atomic E-state index is 0.0138. The monoisotopic (exact) mass is 280 g/mol. The van der Waals surface area contributed by atoms with Crippen LogP contribution in [0.2, 0.25) is 0 Å². The van der Waals surface area contributed by atoms with Gasteiger partial charge in [0, 0.05) is 5.75 Å². The number of aliphatic hydroxyl groups excluding tert-OH is 1. The molecule has 2 nitrogen and oxygen atoms in total. The number of thioether (sulfide) groups is 1. The van der Waals surface area contributed by atoms with Crippen molar-refractivity contribution in [3.8, 4) is 5.75 Å². The molecule has 0 saturated carbocycles. The van der Waals surface area contributed by atoms with Crippen molar-refractivity contribution >= 4 is 11.8 Å². The van der Waals surface area contributed by atoms with Crippen molar-refractivity contribution in [1.82, 2.24) is 0 Å². The third kappa shape index (κ3) is 6.76. The Kier molecular flexibility index (Phi) is 5.81. The lowest BCUT2D eigenvalue weighted by atomic mass is 10.1. The lowest BCUT2D eigenvalue weighted by molar-refractivity contribution is -0.0329. The van der Waals surface area contributed by atoms with E-state index in [-0.39, 0.29) is 24.1 Å². The molecule has 0 aliphatic carbocycles. The Balaban J connectivity index is 2.31. The number of hydrogen-bond acceptors (Lipinski definition) is 3. The summed E-state index contributed by atoms with van der Waals surface area (Å²) in [6, 6.07) is 6.96. The molecule has 0 radical (unpaired) electrons. The molecule has 6 heteroatoms. The van der Waals surface area contributed by atoms with Crippen LogP contribution in [-0.2, 0) is 6.42 Å². The maximum absolute atomic E-state index is 11.8. The molecule has 0 bridgehead atoms. The first-order chi connectivity index (χ1) is 8.37. The van der Waals surface area contributed by atoms with Gasteiger partial charge in [0.15, 0.2) is 0 Å². The second kappa shape index (κ2) is 6.89. The number of rotatable bonds is 6. The predicted octanol–water partition coefficient (Wildman–Crippen LogP) is 3.24. The minimum Gasteiger partial charge on any atom is -0.493 e. The lowest BCUT2D eigenvalue weighted by Crippen LogP contribution is -2.07. The van der Waals surface area contributed by atoms with Crippen LogP contribution < -0.4 is 4.74 Å². The van der Waals surface area contributed by atoms with Gasteiger partial charge in [0.05, 0.1) is 12.7 Å². The van der Waals surface area contributed by atoms with Gasteiger partial charge in [-0.15, -0.1) is 0 Å². The van der Waals surface area contributed by atoms with E-state index in [2.05, 4.69) is 0 Å². The summed E-state index contributed by atoms with van der Waals surface area (Å²) < 4.78 is 40.7. The van der Waals surface area contributed by atoms with E-state index >= 15 is 0 Å².